The maximum Gasteiger partial charge on any atom is 0.255 e. The molecule has 0 aliphatic carbocycles. The molecule has 4 amide bonds. The molecule has 9 nitrogen and oxygen atoms in total. The van der Waals surface area contributed by atoms with Gasteiger partial charge in [0.1, 0.15) is 24.5 Å². The number of aliphatic hydroxyl groups excluding tert-OH is 1. The number of piperidine rings is 2. The Morgan fingerprint density at radius 2 is 1.89 bits per heavy atom. The maximum atomic E-state index is 13.1. The summed E-state index contributed by atoms with van der Waals surface area (Å²) in [5.41, 5.74) is 2.20. The Balaban J connectivity index is 1.21. The summed E-state index contributed by atoms with van der Waals surface area (Å²) in [5, 5.41) is 12.9. The van der Waals surface area contributed by atoms with Crippen molar-refractivity contribution < 1.29 is 29.0 Å². The van der Waals surface area contributed by atoms with Crippen molar-refractivity contribution in [3.8, 4) is 5.75 Å². The summed E-state index contributed by atoms with van der Waals surface area (Å²) in [6.45, 7) is 1.14. The summed E-state index contributed by atoms with van der Waals surface area (Å²) in [6.07, 6.45) is 2.34. The number of hydrogen-bond acceptors (Lipinski definition) is 6. The largest absolute Gasteiger partial charge is 0.491 e. The average Bonchev–Trinajstić information content (AvgIpc) is 3.23. The van der Waals surface area contributed by atoms with E-state index >= 15 is 0 Å². The van der Waals surface area contributed by atoms with Gasteiger partial charge in [0.2, 0.25) is 11.8 Å². The molecule has 3 atom stereocenters. The van der Waals surface area contributed by atoms with Gasteiger partial charge >= 0.3 is 0 Å². The SMILES string of the molecule is O=C1CCC(N2Cc3cc(OC[C@@H]4CCCCN4C(=O)[C@@H](O)Cc4ccccc4)ccc3C2=O)C(=O)N1. The highest BCUT2D eigenvalue weighted by molar-refractivity contribution is 6.05. The van der Waals surface area contributed by atoms with Crippen molar-refractivity contribution in [1.29, 1.82) is 0 Å². The van der Waals surface area contributed by atoms with E-state index < -0.39 is 18.1 Å². The number of carbonyl (C=O) groups excluding carboxylic acids is 4. The Morgan fingerprint density at radius 3 is 2.68 bits per heavy atom. The lowest BCUT2D eigenvalue weighted by molar-refractivity contribution is -0.144. The molecule has 0 saturated carbocycles. The molecule has 2 aromatic carbocycles. The highest BCUT2D eigenvalue weighted by Gasteiger charge is 2.39. The van der Waals surface area contributed by atoms with Crippen molar-refractivity contribution in [3.63, 3.8) is 0 Å². The predicted octanol–water partition coefficient (Wildman–Crippen LogP) is 1.81. The smallest absolute Gasteiger partial charge is 0.255 e. The van der Waals surface area contributed by atoms with Gasteiger partial charge in [-0.3, -0.25) is 24.5 Å². The van der Waals surface area contributed by atoms with Gasteiger partial charge in [-0.15, -0.1) is 0 Å². The molecule has 3 aliphatic rings. The van der Waals surface area contributed by atoms with Gasteiger partial charge < -0.3 is 19.6 Å². The Bertz CT molecular complexity index is 1200. The molecule has 194 valence electrons. The standard InChI is InChI=1S/C28H31N3O6/c32-24(14-18-6-2-1-3-7-18)28(36)30-13-5-4-8-20(30)17-37-21-9-10-22-19(15-21)16-31(27(22)35)23-11-12-25(33)29-26(23)34/h1-3,6-7,9-10,15,20,23-24,32H,4-5,8,11-14,16-17H2,(H,29,33,34)/t20-,23?,24-/m0/s1. The third kappa shape index (κ3) is 5.36. The minimum atomic E-state index is -1.10. The van der Waals surface area contributed by atoms with Gasteiger partial charge in [-0.1, -0.05) is 30.3 Å². The fraction of sp³-hybridized carbons (Fsp3) is 0.429. The molecule has 5 rings (SSSR count). The van der Waals surface area contributed by atoms with E-state index in [2.05, 4.69) is 5.32 Å². The molecule has 2 aromatic rings. The molecule has 0 aromatic heterocycles. The third-order valence-corrected chi connectivity index (χ3v) is 7.40. The molecule has 0 radical (unpaired) electrons. The highest BCUT2D eigenvalue weighted by Crippen LogP contribution is 2.30. The lowest BCUT2D eigenvalue weighted by Crippen LogP contribution is -2.52. The zero-order valence-corrected chi connectivity index (χ0v) is 20.6. The lowest BCUT2D eigenvalue weighted by atomic mass is 10.00. The molecular weight excluding hydrogens is 474 g/mol. The minimum Gasteiger partial charge on any atom is -0.491 e. The van der Waals surface area contributed by atoms with Crippen LogP contribution in [0.4, 0.5) is 0 Å². The first-order valence-electron chi connectivity index (χ1n) is 12.8. The topological polar surface area (TPSA) is 116 Å². The fourth-order valence-electron chi connectivity index (χ4n) is 5.41. The number of benzene rings is 2. The van der Waals surface area contributed by atoms with Crippen LogP contribution in [-0.2, 0) is 27.3 Å². The van der Waals surface area contributed by atoms with Crippen LogP contribution in [0.1, 0.15) is 53.6 Å². The van der Waals surface area contributed by atoms with E-state index in [-0.39, 0.29) is 49.8 Å². The molecule has 2 fully saturated rings. The van der Waals surface area contributed by atoms with Gasteiger partial charge in [-0.2, -0.15) is 0 Å². The Morgan fingerprint density at radius 1 is 1.08 bits per heavy atom. The number of rotatable bonds is 7. The molecular formula is C28H31N3O6. The quantitative estimate of drug-likeness (QED) is 0.555. The van der Waals surface area contributed by atoms with E-state index in [1.165, 1.54) is 4.90 Å². The number of hydrogen-bond donors (Lipinski definition) is 2. The van der Waals surface area contributed by atoms with E-state index in [4.69, 9.17) is 4.74 Å². The van der Waals surface area contributed by atoms with Crippen LogP contribution < -0.4 is 10.1 Å². The second-order valence-electron chi connectivity index (χ2n) is 9.92. The van der Waals surface area contributed by atoms with Crippen molar-refractivity contribution >= 4 is 23.6 Å². The normalized spacial score (nSPS) is 22.5. The van der Waals surface area contributed by atoms with Crippen molar-refractivity contribution in [2.24, 2.45) is 0 Å². The van der Waals surface area contributed by atoms with Gasteiger partial charge in [0.25, 0.3) is 11.8 Å². The number of amides is 4. The van der Waals surface area contributed by atoms with Crippen molar-refractivity contribution in [2.75, 3.05) is 13.2 Å². The van der Waals surface area contributed by atoms with Gasteiger partial charge in [0.05, 0.1) is 6.04 Å². The average molecular weight is 506 g/mol. The van der Waals surface area contributed by atoms with Crippen LogP contribution in [0.3, 0.4) is 0 Å². The Hall–Kier alpha value is -3.72. The second-order valence-corrected chi connectivity index (χ2v) is 9.92. The first-order valence-corrected chi connectivity index (χ1v) is 12.8. The summed E-state index contributed by atoms with van der Waals surface area (Å²) < 4.78 is 6.07. The Kier molecular flexibility index (Phi) is 7.23. The number of aliphatic hydroxyl groups is 1. The summed E-state index contributed by atoms with van der Waals surface area (Å²) >= 11 is 0. The third-order valence-electron chi connectivity index (χ3n) is 7.40. The number of nitrogens with zero attached hydrogens (tertiary/aromatic N) is 2. The first-order chi connectivity index (χ1) is 17.9. The number of imide groups is 1. The molecule has 3 aliphatic heterocycles. The summed E-state index contributed by atoms with van der Waals surface area (Å²) in [5.74, 6) is -0.683. The summed E-state index contributed by atoms with van der Waals surface area (Å²) in [7, 11) is 0. The van der Waals surface area contributed by atoms with Gasteiger partial charge in [-0.05, 0) is 55.0 Å². The maximum absolute atomic E-state index is 13.1. The molecule has 9 heteroatoms. The van der Waals surface area contributed by atoms with E-state index in [0.717, 1.165) is 30.4 Å². The fourth-order valence-corrected chi connectivity index (χ4v) is 5.41. The predicted molar refractivity (Wildman–Crippen MR) is 133 cm³/mol. The molecule has 2 saturated heterocycles. The number of carbonyl (C=O) groups is 4. The van der Waals surface area contributed by atoms with E-state index in [0.29, 0.717) is 24.3 Å². The molecule has 0 bridgehead atoms. The summed E-state index contributed by atoms with van der Waals surface area (Å²) in [4.78, 5) is 53.0. The number of ether oxygens (including phenoxy) is 1. The van der Waals surface area contributed by atoms with Crippen LogP contribution in [0.15, 0.2) is 48.5 Å². The monoisotopic (exact) mass is 505 g/mol. The second kappa shape index (κ2) is 10.7. The lowest BCUT2D eigenvalue weighted by Gasteiger charge is -2.36. The van der Waals surface area contributed by atoms with Crippen LogP contribution in [0.25, 0.3) is 0 Å². The van der Waals surface area contributed by atoms with Crippen molar-refractivity contribution in [1.82, 2.24) is 15.1 Å². The van der Waals surface area contributed by atoms with Crippen LogP contribution >= 0.6 is 0 Å². The molecule has 37 heavy (non-hydrogen) atoms. The number of nitrogens with one attached hydrogen (secondary N) is 1. The molecule has 1 unspecified atom stereocenters. The number of likely N-dealkylation sites (tertiary alicyclic amines) is 1. The van der Waals surface area contributed by atoms with E-state index in [9.17, 15) is 24.3 Å². The van der Waals surface area contributed by atoms with Crippen LogP contribution in [0.5, 0.6) is 5.75 Å². The number of fused-ring (bicyclic) bond motifs is 1. The van der Waals surface area contributed by atoms with Crippen LogP contribution in [0.2, 0.25) is 0 Å². The highest BCUT2D eigenvalue weighted by atomic mass is 16.5. The van der Waals surface area contributed by atoms with Gasteiger partial charge in [0.15, 0.2) is 0 Å². The molecule has 2 N–H and O–H groups in total. The summed E-state index contributed by atoms with van der Waals surface area (Å²) in [6, 6.07) is 13.9. The molecule has 3 heterocycles. The molecule has 0 spiro atoms. The van der Waals surface area contributed by atoms with Gasteiger partial charge in [0, 0.05) is 31.5 Å². The first kappa shape index (κ1) is 25.0. The zero-order valence-electron chi connectivity index (χ0n) is 20.6. The van der Waals surface area contributed by atoms with Crippen molar-refractivity contribution in [3.05, 3.63) is 65.2 Å². The Labute approximate surface area is 215 Å². The minimum absolute atomic E-state index is 0.151. The van der Waals surface area contributed by atoms with Crippen LogP contribution in [-0.4, -0.2) is 69.9 Å². The van der Waals surface area contributed by atoms with E-state index in [1.807, 2.05) is 30.3 Å². The van der Waals surface area contributed by atoms with Crippen molar-refractivity contribution in [2.45, 2.75) is 63.3 Å². The van der Waals surface area contributed by atoms with E-state index in [1.54, 1.807) is 23.1 Å². The zero-order chi connectivity index (χ0) is 25.9. The van der Waals surface area contributed by atoms with Crippen LogP contribution in [0, 0.1) is 0 Å². The van der Waals surface area contributed by atoms with Gasteiger partial charge in [-0.25, -0.2) is 0 Å².